The Morgan fingerprint density at radius 1 is 1.58 bits per heavy atom. The second-order valence-electron chi connectivity index (χ2n) is 4.28. The predicted molar refractivity (Wildman–Crippen MR) is 67.9 cm³/mol. The fourth-order valence-corrected chi connectivity index (χ4v) is 2.61. The number of halogens is 2. The van der Waals surface area contributed by atoms with E-state index in [0.29, 0.717) is 15.8 Å². The van der Waals surface area contributed by atoms with Crippen molar-refractivity contribution in [2.75, 3.05) is 12.3 Å². The van der Waals surface area contributed by atoms with Gasteiger partial charge in [0.05, 0.1) is 19.0 Å². The van der Waals surface area contributed by atoms with Crippen molar-refractivity contribution < 1.29 is 14.2 Å². The molecular weight excluding hydrogens is 321 g/mol. The zero-order chi connectivity index (χ0) is 13.6. The molecule has 2 aromatic heterocycles. The molecule has 0 aliphatic carbocycles. The van der Waals surface area contributed by atoms with Gasteiger partial charge in [0, 0.05) is 6.42 Å². The zero-order valence-electron chi connectivity index (χ0n) is 9.70. The molecule has 1 aliphatic heterocycles. The van der Waals surface area contributed by atoms with Crippen LogP contribution in [0.3, 0.4) is 0 Å². The van der Waals surface area contributed by atoms with Crippen LogP contribution in [0.5, 0.6) is 0 Å². The summed E-state index contributed by atoms with van der Waals surface area (Å²) >= 11 is 3.23. The molecule has 1 saturated heterocycles. The first-order chi connectivity index (χ1) is 9.10. The van der Waals surface area contributed by atoms with Gasteiger partial charge >= 0.3 is 0 Å². The Morgan fingerprint density at radius 3 is 3.05 bits per heavy atom. The molecule has 0 spiro atoms. The summed E-state index contributed by atoms with van der Waals surface area (Å²) in [6.07, 6.45) is -1.03. The molecule has 0 amide bonds. The average Bonchev–Trinajstić information content (AvgIpc) is 2.92. The Kier molecular flexibility index (Phi) is 3.11. The maximum Gasteiger partial charge on any atom is 0.223 e. The molecular formula is C10H11BrFN5O2. The van der Waals surface area contributed by atoms with Crippen LogP contribution < -0.4 is 5.73 Å². The first kappa shape index (κ1) is 12.7. The van der Waals surface area contributed by atoms with Crippen molar-refractivity contribution in [3.8, 4) is 0 Å². The highest BCUT2D eigenvalue weighted by atomic mass is 79.9. The number of aliphatic hydroxyl groups excluding tert-OH is 1. The number of nitrogen functional groups attached to an aromatic ring is 1. The minimum atomic E-state index is -1.23. The predicted octanol–water partition coefficient (Wildman–Crippen LogP) is 0.789. The molecule has 0 unspecified atom stereocenters. The number of imidazole rings is 1. The highest BCUT2D eigenvalue weighted by molar-refractivity contribution is 9.10. The fourth-order valence-electron chi connectivity index (χ4n) is 2.15. The van der Waals surface area contributed by atoms with Crippen LogP contribution in [0.15, 0.2) is 10.9 Å². The van der Waals surface area contributed by atoms with E-state index in [0.717, 1.165) is 0 Å². The largest absolute Gasteiger partial charge is 0.394 e. The number of nitrogens with two attached hydrogens (primary N) is 1. The molecule has 19 heavy (non-hydrogen) atoms. The SMILES string of the molecule is Nc1nc(Br)c2ncn([C@@H]3O[C@H](CO)C[C@H]3F)c2n1. The molecule has 3 heterocycles. The van der Waals surface area contributed by atoms with Gasteiger partial charge in [-0.2, -0.15) is 4.98 Å². The number of fused-ring (bicyclic) bond motifs is 1. The smallest absolute Gasteiger partial charge is 0.223 e. The van der Waals surface area contributed by atoms with Crippen LogP contribution in [-0.4, -0.2) is 43.5 Å². The van der Waals surface area contributed by atoms with E-state index in [2.05, 4.69) is 30.9 Å². The molecule has 2 aromatic rings. The highest BCUT2D eigenvalue weighted by Crippen LogP contribution is 2.33. The van der Waals surface area contributed by atoms with Gasteiger partial charge in [0.1, 0.15) is 16.3 Å². The molecule has 1 fully saturated rings. The van der Waals surface area contributed by atoms with E-state index in [1.165, 1.54) is 10.9 Å². The second kappa shape index (κ2) is 4.66. The lowest BCUT2D eigenvalue weighted by atomic mass is 10.2. The van der Waals surface area contributed by atoms with Crippen molar-refractivity contribution in [1.29, 1.82) is 0 Å². The van der Waals surface area contributed by atoms with Gasteiger partial charge in [-0.15, -0.1) is 0 Å². The summed E-state index contributed by atoms with van der Waals surface area (Å²) < 4.78 is 21.3. The minimum absolute atomic E-state index is 0.0632. The number of hydrogen-bond acceptors (Lipinski definition) is 6. The molecule has 0 bridgehead atoms. The third-order valence-corrected chi connectivity index (χ3v) is 3.56. The summed E-state index contributed by atoms with van der Waals surface area (Å²) in [6.45, 7) is -0.218. The number of ether oxygens (including phenoxy) is 1. The molecule has 3 rings (SSSR count). The molecule has 0 radical (unpaired) electrons. The van der Waals surface area contributed by atoms with Gasteiger partial charge in [-0.25, -0.2) is 14.4 Å². The normalized spacial score (nSPS) is 27.2. The van der Waals surface area contributed by atoms with Crippen molar-refractivity contribution in [1.82, 2.24) is 19.5 Å². The van der Waals surface area contributed by atoms with Crippen molar-refractivity contribution in [3.63, 3.8) is 0 Å². The summed E-state index contributed by atoms with van der Waals surface area (Å²) in [5.41, 5.74) is 6.45. The molecule has 0 saturated carbocycles. The minimum Gasteiger partial charge on any atom is -0.394 e. The summed E-state index contributed by atoms with van der Waals surface area (Å²) in [7, 11) is 0. The second-order valence-corrected chi connectivity index (χ2v) is 5.03. The molecule has 7 nitrogen and oxygen atoms in total. The van der Waals surface area contributed by atoms with Gasteiger partial charge in [-0.1, -0.05) is 0 Å². The van der Waals surface area contributed by atoms with Crippen molar-refractivity contribution in [2.45, 2.75) is 24.9 Å². The van der Waals surface area contributed by atoms with E-state index in [-0.39, 0.29) is 19.0 Å². The van der Waals surface area contributed by atoms with Crippen LogP contribution in [0.1, 0.15) is 12.6 Å². The lowest BCUT2D eigenvalue weighted by Gasteiger charge is -2.15. The maximum atomic E-state index is 13.9. The van der Waals surface area contributed by atoms with Crippen LogP contribution in [0.2, 0.25) is 0 Å². The van der Waals surface area contributed by atoms with Crippen molar-refractivity contribution in [3.05, 3.63) is 10.9 Å². The van der Waals surface area contributed by atoms with E-state index in [1.54, 1.807) is 0 Å². The lowest BCUT2D eigenvalue weighted by molar-refractivity contribution is -0.0351. The third kappa shape index (κ3) is 2.07. The summed E-state index contributed by atoms with van der Waals surface area (Å²) in [5, 5.41) is 9.03. The van der Waals surface area contributed by atoms with Crippen LogP contribution in [-0.2, 0) is 4.74 Å². The highest BCUT2D eigenvalue weighted by Gasteiger charge is 2.37. The third-order valence-electron chi connectivity index (χ3n) is 3.00. The number of aliphatic hydroxyl groups is 1. The molecule has 1 aliphatic rings. The van der Waals surface area contributed by atoms with Crippen LogP contribution in [0.4, 0.5) is 10.3 Å². The average molecular weight is 332 g/mol. The van der Waals surface area contributed by atoms with E-state index in [4.69, 9.17) is 15.6 Å². The Bertz CT molecular complexity index is 621. The van der Waals surface area contributed by atoms with Gasteiger partial charge in [-0.05, 0) is 15.9 Å². The lowest BCUT2D eigenvalue weighted by Crippen LogP contribution is -2.17. The molecule has 3 N–H and O–H groups in total. The number of nitrogens with zero attached hydrogens (tertiary/aromatic N) is 4. The van der Waals surface area contributed by atoms with Crippen LogP contribution >= 0.6 is 15.9 Å². The first-order valence-corrected chi connectivity index (χ1v) is 6.45. The topological polar surface area (TPSA) is 99.1 Å². The van der Waals surface area contributed by atoms with Gasteiger partial charge in [0.2, 0.25) is 5.95 Å². The number of rotatable bonds is 2. The van der Waals surface area contributed by atoms with Crippen molar-refractivity contribution >= 4 is 33.0 Å². The molecule has 0 aromatic carbocycles. The van der Waals surface area contributed by atoms with E-state index in [9.17, 15) is 4.39 Å². The molecule has 3 atom stereocenters. The number of anilines is 1. The number of alkyl halides is 1. The van der Waals surface area contributed by atoms with Gasteiger partial charge in [-0.3, -0.25) is 4.57 Å². The van der Waals surface area contributed by atoms with E-state index in [1.807, 2.05) is 0 Å². The van der Waals surface area contributed by atoms with Gasteiger partial charge in [0.15, 0.2) is 11.9 Å². The van der Waals surface area contributed by atoms with Gasteiger partial charge < -0.3 is 15.6 Å². The Labute approximate surface area is 115 Å². The zero-order valence-corrected chi connectivity index (χ0v) is 11.3. The van der Waals surface area contributed by atoms with Crippen LogP contribution in [0.25, 0.3) is 11.2 Å². The van der Waals surface area contributed by atoms with E-state index < -0.39 is 18.5 Å². The Balaban J connectivity index is 2.06. The Morgan fingerprint density at radius 2 is 2.37 bits per heavy atom. The number of aromatic nitrogens is 4. The summed E-state index contributed by atoms with van der Waals surface area (Å²) in [4.78, 5) is 12.1. The van der Waals surface area contributed by atoms with Gasteiger partial charge in [0.25, 0.3) is 0 Å². The first-order valence-electron chi connectivity index (χ1n) is 5.66. The standard InChI is InChI=1S/C10H11BrFN5O2/c11-7-6-8(16-10(13)15-7)17(3-14-6)9-5(12)1-4(2-18)19-9/h3-5,9,18H,1-2H2,(H2,13,15,16)/t4-,5+,9+/m0/s1. The van der Waals surface area contributed by atoms with E-state index >= 15 is 0 Å². The summed E-state index contributed by atoms with van der Waals surface area (Å²) in [5.74, 6) is 0.0632. The monoisotopic (exact) mass is 331 g/mol. The molecule has 102 valence electrons. The van der Waals surface area contributed by atoms with Crippen molar-refractivity contribution in [2.24, 2.45) is 0 Å². The number of hydrogen-bond donors (Lipinski definition) is 2. The van der Waals surface area contributed by atoms with Crippen LogP contribution in [0, 0.1) is 0 Å². The molecule has 9 heteroatoms. The fraction of sp³-hybridized carbons (Fsp3) is 0.500. The maximum absolute atomic E-state index is 13.9. The Hall–Kier alpha value is -1.32. The quantitative estimate of drug-likeness (QED) is 0.789. The summed E-state index contributed by atoms with van der Waals surface area (Å²) in [6, 6.07) is 0.